The third-order valence-corrected chi connectivity index (χ3v) is 4.75. The van der Waals surface area contributed by atoms with Crippen LogP contribution in [0, 0.1) is 6.92 Å². The van der Waals surface area contributed by atoms with Crippen molar-refractivity contribution < 1.29 is 14.1 Å². The average Bonchev–Trinajstić information content (AvgIpc) is 3.15. The summed E-state index contributed by atoms with van der Waals surface area (Å²) in [6.45, 7) is 5.36. The Bertz CT molecular complexity index is 681. The van der Waals surface area contributed by atoms with Crippen molar-refractivity contribution >= 4 is 23.0 Å². The Morgan fingerprint density at radius 3 is 2.87 bits per heavy atom. The van der Waals surface area contributed by atoms with Gasteiger partial charge in [-0.05, 0) is 24.8 Å². The number of rotatable bonds is 4. The summed E-state index contributed by atoms with van der Waals surface area (Å²) in [4.78, 5) is 28.9. The van der Waals surface area contributed by atoms with Crippen LogP contribution in [0.15, 0.2) is 28.1 Å². The highest BCUT2D eigenvalue weighted by Gasteiger charge is 2.26. The summed E-state index contributed by atoms with van der Waals surface area (Å²) in [5.74, 6) is 0.000303. The molecule has 23 heavy (non-hydrogen) atoms. The van der Waals surface area contributed by atoms with Gasteiger partial charge in [-0.3, -0.25) is 14.5 Å². The minimum Gasteiger partial charge on any atom is -0.361 e. The molecule has 1 aliphatic heterocycles. The van der Waals surface area contributed by atoms with E-state index in [9.17, 15) is 9.59 Å². The molecule has 1 aliphatic rings. The first-order valence-corrected chi connectivity index (χ1v) is 8.53. The van der Waals surface area contributed by atoms with E-state index in [0.29, 0.717) is 24.5 Å². The lowest BCUT2D eigenvalue weighted by Gasteiger charge is -2.20. The fourth-order valence-electron chi connectivity index (χ4n) is 2.71. The van der Waals surface area contributed by atoms with Crippen molar-refractivity contribution in [3.05, 3.63) is 39.9 Å². The second-order valence-electron chi connectivity index (χ2n) is 5.66. The number of carbonyl (C=O) groups excluding carboxylic acids is 2. The predicted molar refractivity (Wildman–Crippen MR) is 86.4 cm³/mol. The number of aromatic nitrogens is 1. The first-order valence-electron chi connectivity index (χ1n) is 7.65. The van der Waals surface area contributed by atoms with Gasteiger partial charge in [0.05, 0.1) is 10.6 Å². The minimum absolute atomic E-state index is 0.397. The van der Waals surface area contributed by atoms with Crippen molar-refractivity contribution in [1.29, 1.82) is 0 Å². The fourth-order valence-corrected chi connectivity index (χ4v) is 3.37. The van der Waals surface area contributed by atoms with E-state index in [1.54, 1.807) is 17.0 Å². The lowest BCUT2D eigenvalue weighted by molar-refractivity contribution is -0.126. The van der Waals surface area contributed by atoms with Crippen LogP contribution in [-0.4, -0.2) is 52.8 Å². The maximum Gasteiger partial charge on any atom is 0.295 e. The van der Waals surface area contributed by atoms with Crippen molar-refractivity contribution in [2.24, 2.45) is 0 Å². The maximum absolute atomic E-state index is 12.4. The zero-order valence-corrected chi connectivity index (χ0v) is 13.8. The van der Waals surface area contributed by atoms with Gasteiger partial charge >= 0.3 is 0 Å². The summed E-state index contributed by atoms with van der Waals surface area (Å²) < 4.78 is 5.08. The van der Waals surface area contributed by atoms with E-state index in [4.69, 9.17) is 4.52 Å². The van der Waals surface area contributed by atoms with Gasteiger partial charge in [-0.25, -0.2) is 0 Å². The molecule has 0 unspecified atom stereocenters. The van der Waals surface area contributed by atoms with Gasteiger partial charge < -0.3 is 9.42 Å². The van der Waals surface area contributed by atoms with Gasteiger partial charge in [0.1, 0.15) is 5.76 Å². The molecular weight excluding hydrogens is 314 g/mol. The summed E-state index contributed by atoms with van der Waals surface area (Å²) in [7, 11) is 0. The van der Waals surface area contributed by atoms with Crippen molar-refractivity contribution in [3.8, 4) is 0 Å². The van der Waals surface area contributed by atoms with Crippen LogP contribution in [0.1, 0.15) is 27.5 Å². The van der Waals surface area contributed by atoms with E-state index in [1.807, 2.05) is 18.4 Å². The Morgan fingerprint density at radius 2 is 2.17 bits per heavy atom. The molecule has 3 heterocycles. The minimum atomic E-state index is -0.402. The fraction of sp³-hybridized carbons (Fsp3) is 0.438. The molecule has 0 radical (unpaired) electrons. The number of Topliss-reactive ketones (excluding diaryl/α,β-unsaturated/α-hetero) is 1. The van der Waals surface area contributed by atoms with Gasteiger partial charge in [0.25, 0.3) is 11.7 Å². The molecule has 1 fully saturated rings. The standard InChI is InChI=1S/C16H19N3O3S/c1-12-10-13(17-22-12)11-18-5-3-6-19(8-7-18)16(21)15(20)14-4-2-9-23-14/h2,4,9-10H,3,5-8,11H2,1H3. The van der Waals surface area contributed by atoms with E-state index >= 15 is 0 Å². The third kappa shape index (κ3) is 3.86. The Labute approximate surface area is 138 Å². The smallest absolute Gasteiger partial charge is 0.295 e. The van der Waals surface area contributed by atoms with Crippen molar-refractivity contribution in [1.82, 2.24) is 15.0 Å². The predicted octanol–water partition coefficient (Wildman–Crippen LogP) is 1.96. The molecule has 0 spiro atoms. The highest BCUT2D eigenvalue weighted by atomic mass is 32.1. The van der Waals surface area contributed by atoms with Gasteiger partial charge in [0, 0.05) is 38.8 Å². The van der Waals surface area contributed by atoms with E-state index in [1.165, 1.54) is 11.3 Å². The first-order chi connectivity index (χ1) is 11.1. The second-order valence-corrected chi connectivity index (χ2v) is 6.60. The van der Waals surface area contributed by atoms with Crippen molar-refractivity contribution in [3.63, 3.8) is 0 Å². The van der Waals surface area contributed by atoms with Gasteiger partial charge in [0.2, 0.25) is 0 Å². The molecule has 1 saturated heterocycles. The molecule has 2 aromatic heterocycles. The average molecular weight is 333 g/mol. The van der Waals surface area contributed by atoms with Gasteiger partial charge in [-0.2, -0.15) is 0 Å². The topological polar surface area (TPSA) is 66.7 Å². The number of ketones is 1. The van der Waals surface area contributed by atoms with Crippen LogP contribution in [0.4, 0.5) is 0 Å². The van der Waals surface area contributed by atoms with Gasteiger partial charge in [-0.1, -0.05) is 11.2 Å². The Hall–Kier alpha value is -1.99. The highest BCUT2D eigenvalue weighted by Crippen LogP contribution is 2.13. The molecule has 0 bridgehead atoms. The van der Waals surface area contributed by atoms with Crippen molar-refractivity contribution in [2.45, 2.75) is 19.9 Å². The molecule has 6 nitrogen and oxygen atoms in total. The Morgan fingerprint density at radius 1 is 1.30 bits per heavy atom. The largest absolute Gasteiger partial charge is 0.361 e. The van der Waals surface area contributed by atoms with Crippen LogP contribution in [0.5, 0.6) is 0 Å². The molecule has 7 heteroatoms. The highest BCUT2D eigenvalue weighted by molar-refractivity contribution is 7.12. The Kier molecular flexibility index (Phi) is 4.88. The molecule has 0 aliphatic carbocycles. The van der Waals surface area contributed by atoms with E-state index in [0.717, 1.165) is 31.0 Å². The summed E-state index contributed by atoms with van der Waals surface area (Å²) in [6.07, 6.45) is 0.848. The molecule has 0 N–H and O–H groups in total. The molecule has 2 aromatic rings. The molecule has 3 rings (SSSR count). The SMILES string of the molecule is Cc1cc(CN2CCCN(C(=O)C(=O)c3cccs3)CC2)no1. The summed E-state index contributed by atoms with van der Waals surface area (Å²) in [5.41, 5.74) is 0.900. The van der Waals surface area contributed by atoms with Gasteiger partial charge in [0.15, 0.2) is 0 Å². The normalized spacial score (nSPS) is 16.3. The number of nitrogens with zero attached hydrogens (tertiary/aromatic N) is 3. The van der Waals surface area contributed by atoms with Gasteiger partial charge in [-0.15, -0.1) is 11.3 Å². The first kappa shape index (κ1) is 15.9. The lowest BCUT2D eigenvalue weighted by atomic mass is 10.2. The number of thiophene rings is 1. The van der Waals surface area contributed by atoms with Crippen LogP contribution in [0.3, 0.4) is 0 Å². The summed E-state index contributed by atoms with van der Waals surface area (Å²) in [6, 6.07) is 5.41. The maximum atomic E-state index is 12.4. The molecule has 122 valence electrons. The lowest BCUT2D eigenvalue weighted by Crippen LogP contribution is -2.39. The van der Waals surface area contributed by atoms with E-state index in [2.05, 4.69) is 10.1 Å². The third-order valence-electron chi connectivity index (χ3n) is 3.88. The Balaban J connectivity index is 1.57. The number of carbonyl (C=O) groups is 2. The number of aryl methyl sites for hydroxylation is 1. The van der Waals surface area contributed by atoms with Crippen LogP contribution >= 0.6 is 11.3 Å². The second kappa shape index (κ2) is 7.06. The number of amides is 1. The number of hydrogen-bond donors (Lipinski definition) is 0. The van der Waals surface area contributed by atoms with Crippen LogP contribution in [0.25, 0.3) is 0 Å². The quantitative estimate of drug-likeness (QED) is 0.632. The monoisotopic (exact) mass is 333 g/mol. The van der Waals surface area contributed by atoms with Crippen LogP contribution < -0.4 is 0 Å². The van der Waals surface area contributed by atoms with E-state index in [-0.39, 0.29) is 0 Å². The molecular formula is C16H19N3O3S. The molecule has 1 amide bonds. The summed E-state index contributed by atoms with van der Waals surface area (Å²) in [5, 5.41) is 5.82. The zero-order valence-electron chi connectivity index (χ0n) is 13.0. The molecule has 0 atom stereocenters. The zero-order chi connectivity index (χ0) is 16.2. The van der Waals surface area contributed by atoms with E-state index < -0.39 is 11.7 Å². The molecule has 0 aromatic carbocycles. The molecule has 0 saturated carbocycles. The summed E-state index contributed by atoms with van der Waals surface area (Å²) >= 11 is 1.31. The van der Waals surface area contributed by atoms with Crippen LogP contribution in [-0.2, 0) is 11.3 Å². The van der Waals surface area contributed by atoms with Crippen molar-refractivity contribution in [2.75, 3.05) is 26.2 Å². The number of hydrogen-bond acceptors (Lipinski definition) is 6. The van der Waals surface area contributed by atoms with Crippen LogP contribution in [0.2, 0.25) is 0 Å².